The number of nitro groups is 1. The maximum Gasteiger partial charge on any atom is 0.337 e. The monoisotopic (exact) mass is 522 g/mol. The van der Waals surface area contributed by atoms with E-state index in [1.54, 1.807) is 39.0 Å². The molecular weight excluding hydrogens is 496 g/mol. The highest BCUT2D eigenvalue weighted by molar-refractivity contribution is 7.98. The fourth-order valence-corrected chi connectivity index (χ4v) is 4.95. The van der Waals surface area contributed by atoms with Crippen LogP contribution >= 0.6 is 11.8 Å². The van der Waals surface area contributed by atoms with Crippen LogP contribution in [0.4, 0.5) is 11.5 Å². The van der Waals surface area contributed by atoms with Crippen LogP contribution in [-0.2, 0) is 15.3 Å². The summed E-state index contributed by atoms with van der Waals surface area (Å²) < 4.78 is 11.1. The Balaban J connectivity index is 1.74. The maximum absolute atomic E-state index is 13.5. The Bertz CT molecular complexity index is 1430. The minimum atomic E-state index is -0.761. The van der Waals surface area contributed by atoms with Crippen molar-refractivity contribution in [3.8, 4) is 5.75 Å². The summed E-state index contributed by atoms with van der Waals surface area (Å²) in [6, 6.07) is 13.4. The van der Waals surface area contributed by atoms with Gasteiger partial charge in [-0.25, -0.2) is 9.78 Å². The molecule has 0 aliphatic carbocycles. The minimum absolute atomic E-state index is 0.00899. The molecule has 192 valence electrons. The van der Waals surface area contributed by atoms with E-state index in [4.69, 9.17) is 9.47 Å². The number of anilines is 1. The second-order valence-electron chi connectivity index (χ2n) is 8.64. The predicted octanol–water partition coefficient (Wildman–Crippen LogP) is 4.76. The number of non-ortho nitro benzene ring substituents is 1. The van der Waals surface area contributed by atoms with E-state index >= 15 is 0 Å². The largest absolute Gasteiger partial charge is 0.496 e. The molecule has 1 atom stereocenters. The fourth-order valence-electron chi connectivity index (χ4n) is 4.13. The summed E-state index contributed by atoms with van der Waals surface area (Å²) in [7, 11) is 1.53. The van der Waals surface area contributed by atoms with Crippen molar-refractivity contribution in [3.63, 3.8) is 0 Å². The Morgan fingerprint density at radius 3 is 2.54 bits per heavy atom. The van der Waals surface area contributed by atoms with Crippen molar-refractivity contribution in [1.29, 1.82) is 0 Å². The van der Waals surface area contributed by atoms with E-state index in [1.807, 2.05) is 18.2 Å². The van der Waals surface area contributed by atoms with Gasteiger partial charge >= 0.3 is 5.97 Å². The summed E-state index contributed by atoms with van der Waals surface area (Å²) in [4.78, 5) is 44.5. The van der Waals surface area contributed by atoms with E-state index in [9.17, 15) is 19.7 Å². The molecule has 2 N–H and O–H groups in total. The first-order chi connectivity index (χ1) is 17.7. The van der Waals surface area contributed by atoms with E-state index in [2.05, 4.69) is 15.3 Å². The van der Waals surface area contributed by atoms with Crippen LogP contribution in [-0.4, -0.2) is 34.1 Å². The van der Waals surface area contributed by atoms with Gasteiger partial charge in [-0.2, -0.15) is 0 Å². The van der Waals surface area contributed by atoms with Gasteiger partial charge in [-0.1, -0.05) is 42.1 Å². The number of para-hydroxylation sites is 1. The van der Waals surface area contributed by atoms with Crippen LogP contribution in [0.15, 0.2) is 69.8 Å². The average molecular weight is 523 g/mol. The molecule has 37 heavy (non-hydrogen) atoms. The molecular formula is C26H26N4O6S. The van der Waals surface area contributed by atoms with Gasteiger partial charge in [0.05, 0.1) is 35.2 Å². The normalized spacial score (nSPS) is 14.7. The van der Waals surface area contributed by atoms with Crippen LogP contribution in [0, 0.1) is 10.1 Å². The van der Waals surface area contributed by atoms with Crippen LogP contribution in [0.2, 0.25) is 0 Å². The molecule has 1 unspecified atom stereocenters. The van der Waals surface area contributed by atoms with E-state index in [-0.39, 0.29) is 17.4 Å². The lowest BCUT2D eigenvalue weighted by atomic mass is 9.82. The van der Waals surface area contributed by atoms with E-state index < -0.39 is 22.4 Å². The van der Waals surface area contributed by atoms with Gasteiger partial charge in [0.15, 0.2) is 5.16 Å². The first kappa shape index (κ1) is 26.0. The molecule has 1 aromatic heterocycles. The molecule has 11 heteroatoms. The number of allylic oxidation sites excluding steroid dienone is 1. The van der Waals surface area contributed by atoms with Gasteiger partial charge < -0.3 is 19.8 Å². The number of methoxy groups -OCH3 is 1. The zero-order valence-corrected chi connectivity index (χ0v) is 21.5. The zero-order chi connectivity index (χ0) is 26.7. The Morgan fingerprint density at radius 2 is 1.89 bits per heavy atom. The molecule has 0 saturated carbocycles. The highest BCUT2D eigenvalue weighted by Crippen LogP contribution is 2.43. The number of carbonyl (C=O) groups excluding carboxylic acids is 1. The summed E-state index contributed by atoms with van der Waals surface area (Å²) in [6.45, 7) is 5.27. The summed E-state index contributed by atoms with van der Waals surface area (Å²) >= 11 is 1.29. The zero-order valence-electron chi connectivity index (χ0n) is 20.7. The Hall–Kier alpha value is -4.12. The van der Waals surface area contributed by atoms with Gasteiger partial charge in [-0.05, 0) is 32.4 Å². The smallest absolute Gasteiger partial charge is 0.337 e. The molecule has 2 heterocycles. The number of thioether (sulfide) groups is 1. The lowest BCUT2D eigenvalue weighted by Crippen LogP contribution is -2.32. The molecule has 0 radical (unpaired) electrons. The van der Waals surface area contributed by atoms with Crippen molar-refractivity contribution in [3.05, 3.63) is 97.0 Å². The first-order valence-corrected chi connectivity index (χ1v) is 12.5. The number of nitrogens with zero attached hydrogens (tertiary/aromatic N) is 2. The van der Waals surface area contributed by atoms with Gasteiger partial charge in [0.2, 0.25) is 0 Å². The summed E-state index contributed by atoms with van der Waals surface area (Å²) in [5.41, 5.74) is 2.21. The van der Waals surface area contributed by atoms with E-state index in [0.717, 1.165) is 5.56 Å². The molecule has 0 saturated heterocycles. The Labute approximate surface area is 217 Å². The fraction of sp³-hybridized carbons (Fsp3) is 0.269. The van der Waals surface area contributed by atoms with E-state index in [0.29, 0.717) is 39.3 Å². The topological polar surface area (TPSA) is 136 Å². The molecule has 0 spiro atoms. The Kier molecular flexibility index (Phi) is 7.63. The molecule has 3 aromatic rings. The number of aromatic amines is 1. The third-order valence-corrected chi connectivity index (χ3v) is 6.70. The first-order valence-electron chi connectivity index (χ1n) is 11.5. The number of rotatable bonds is 8. The number of benzene rings is 2. The maximum atomic E-state index is 13.5. The number of carbonyl (C=O) groups is 1. The lowest BCUT2D eigenvalue weighted by molar-refractivity contribution is -0.384. The predicted molar refractivity (Wildman–Crippen MR) is 140 cm³/mol. The number of ether oxygens (including phenoxy) is 2. The summed E-state index contributed by atoms with van der Waals surface area (Å²) in [6.07, 6.45) is -0.345. The highest BCUT2D eigenvalue weighted by Gasteiger charge is 2.38. The molecule has 2 aromatic carbocycles. The van der Waals surface area contributed by atoms with Crippen LogP contribution in [0.25, 0.3) is 0 Å². The lowest BCUT2D eigenvalue weighted by Gasteiger charge is -2.30. The SMILES string of the molecule is COc1ccccc1C1C(C(=O)OC(C)C)=C(C)Nc2nc(SCc3ccc([N+](=O)[O-])cc3)[nH]c(=O)c21. The molecule has 0 amide bonds. The Morgan fingerprint density at radius 1 is 1.19 bits per heavy atom. The second-order valence-corrected chi connectivity index (χ2v) is 9.60. The van der Waals surface area contributed by atoms with Crippen LogP contribution in [0.1, 0.15) is 43.4 Å². The number of H-pyrrole nitrogens is 1. The molecule has 0 fully saturated rings. The van der Waals surface area contributed by atoms with Crippen molar-refractivity contribution in [2.24, 2.45) is 0 Å². The summed E-state index contributed by atoms with van der Waals surface area (Å²) in [5.74, 6) is 0.0147. The number of aromatic nitrogens is 2. The number of esters is 1. The number of hydrogen-bond acceptors (Lipinski definition) is 9. The number of hydrogen-bond donors (Lipinski definition) is 2. The van der Waals surface area contributed by atoms with Gasteiger partial charge in [-0.3, -0.25) is 14.9 Å². The summed E-state index contributed by atoms with van der Waals surface area (Å²) in [5, 5.41) is 14.4. The third-order valence-electron chi connectivity index (χ3n) is 5.76. The standard InChI is InChI=1S/C26H26N4O6S/c1-14(2)36-25(32)20-15(3)27-23-22(21(20)18-7-5-6-8-19(18)35-4)24(31)29-26(28-23)37-13-16-9-11-17(12-10-16)30(33)34/h5-12,14,21H,13H2,1-4H3,(H2,27,28,29,31). The van der Waals surface area contributed by atoms with Crippen molar-refractivity contribution < 1.29 is 19.2 Å². The third kappa shape index (κ3) is 5.51. The second kappa shape index (κ2) is 10.9. The molecule has 0 bridgehead atoms. The van der Waals surface area contributed by atoms with Gasteiger partial charge in [0, 0.05) is 29.1 Å². The molecule has 10 nitrogen and oxygen atoms in total. The van der Waals surface area contributed by atoms with Gasteiger partial charge in [0.1, 0.15) is 11.6 Å². The van der Waals surface area contributed by atoms with Crippen LogP contribution < -0.4 is 15.6 Å². The molecule has 1 aliphatic rings. The van der Waals surface area contributed by atoms with Crippen molar-refractivity contribution in [1.82, 2.24) is 9.97 Å². The molecule has 4 rings (SSSR count). The number of nitro benzene ring substituents is 1. The van der Waals surface area contributed by atoms with Crippen LogP contribution in [0.5, 0.6) is 5.75 Å². The number of fused-ring (bicyclic) bond motifs is 1. The quantitative estimate of drug-likeness (QED) is 0.141. The van der Waals surface area contributed by atoms with E-state index in [1.165, 1.54) is 31.0 Å². The molecule has 1 aliphatic heterocycles. The van der Waals surface area contributed by atoms with Crippen molar-refractivity contribution in [2.45, 2.75) is 43.7 Å². The van der Waals surface area contributed by atoms with Crippen LogP contribution in [0.3, 0.4) is 0 Å². The number of nitrogens with one attached hydrogen (secondary N) is 2. The van der Waals surface area contributed by atoms with Gasteiger partial charge in [0.25, 0.3) is 11.2 Å². The van der Waals surface area contributed by atoms with Crippen molar-refractivity contribution >= 4 is 29.2 Å². The average Bonchev–Trinajstić information content (AvgIpc) is 2.86. The minimum Gasteiger partial charge on any atom is -0.496 e. The highest BCUT2D eigenvalue weighted by atomic mass is 32.2. The van der Waals surface area contributed by atoms with Gasteiger partial charge in [-0.15, -0.1) is 0 Å². The van der Waals surface area contributed by atoms with Crippen molar-refractivity contribution in [2.75, 3.05) is 12.4 Å².